The van der Waals surface area contributed by atoms with Crippen LogP contribution in [0.25, 0.3) is 27.9 Å². The summed E-state index contributed by atoms with van der Waals surface area (Å²) in [5, 5.41) is 3.08. The monoisotopic (exact) mass is 435 g/mol. The largest absolute Gasteiger partial charge is 0.384 e. The van der Waals surface area contributed by atoms with Gasteiger partial charge in [0.15, 0.2) is 5.65 Å². The number of aryl methyl sites for hydroxylation is 1. The standard InChI is InChI=1S/C27H25N5O/c1-3-18-13-15-20(16-14-18)32-25(28)23(27(33)29-17(2)19-9-5-4-6-10-19)24-26(32)31-22-12-8-7-11-21(22)30-24/h4-17H,3,28H2,1-2H3,(H,29,33)/t17-/m1/s1. The third-order valence-electron chi connectivity index (χ3n) is 5.97. The molecule has 1 amide bonds. The number of benzene rings is 3. The van der Waals surface area contributed by atoms with Crippen LogP contribution < -0.4 is 11.1 Å². The van der Waals surface area contributed by atoms with Gasteiger partial charge in [-0.25, -0.2) is 9.97 Å². The number of para-hydroxylation sites is 2. The fourth-order valence-corrected chi connectivity index (χ4v) is 4.12. The number of hydrogen-bond donors (Lipinski definition) is 2. The minimum Gasteiger partial charge on any atom is -0.384 e. The number of aromatic nitrogens is 3. The Balaban J connectivity index is 1.68. The summed E-state index contributed by atoms with van der Waals surface area (Å²) in [6, 6.07) is 25.4. The first kappa shape index (κ1) is 20.7. The Morgan fingerprint density at radius 1 is 0.939 bits per heavy atom. The van der Waals surface area contributed by atoms with E-state index in [2.05, 4.69) is 24.4 Å². The molecule has 0 radical (unpaired) electrons. The lowest BCUT2D eigenvalue weighted by Gasteiger charge is -2.14. The minimum absolute atomic E-state index is 0.186. The zero-order valence-corrected chi connectivity index (χ0v) is 18.6. The highest BCUT2D eigenvalue weighted by Gasteiger charge is 2.25. The fourth-order valence-electron chi connectivity index (χ4n) is 4.12. The molecule has 3 aromatic carbocycles. The molecule has 5 aromatic rings. The van der Waals surface area contributed by atoms with Gasteiger partial charge in [0.05, 0.1) is 17.1 Å². The van der Waals surface area contributed by atoms with Crippen molar-refractivity contribution in [1.29, 1.82) is 0 Å². The van der Waals surface area contributed by atoms with Crippen LogP contribution in [0, 0.1) is 0 Å². The number of fused-ring (bicyclic) bond motifs is 2. The van der Waals surface area contributed by atoms with E-state index in [1.54, 1.807) is 0 Å². The summed E-state index contributed by atoms with van der Waals surface area (Å²) in [4.78, 5) is 23.1. The Morgan fingerprint density at radius 3 is 2.24 bits per heavy atom. The summed E-state index contributed by atoms with van der Waals surface area (Å²) in [6.07, 6.45) is 0.942. The number of nitrogen functional groups attached to an aromatic ring is 1. The summed E-state index contributed by atoms with van der Waals surface area (Å²) in [6.45, 7) is 4.07. The second-order valence-electron chi connectivity index (χ2n) is 8.11. The van der Waals surface area contributed by atoms with Gasteiger partial charge in [-0.3, -0.25) is 9.36 Å². The number of nitrogens with zero attached hydrogens (tertiary/aromatic N) is 3. The number of carbonyl (C=O) groups is 1. The number of nitrogens with one attached hydrogen (secondary N) is 1. The second kappa shape index (κ2) is 8.39. The van der Waals surface area contributed by atoms with E-state index in [0.717, 1.165) is 23.2 Å². The Hall–Kier alpha value is -4.19. The number of carbonyl (C=O) groups excluding carboxylic acids is 1. The summed E-state index contributed by atoms with van der Waals surface area (Å²) >= 11 is 0. The number of nitrogens with two attached hydrogens (primary N) is 1. The van der Waals surface area contributed by atoms with Crippen LogP contribution in [0.4, 0.5) is 5.82 Å². The molecular formula is C27H25N5O. The zero-order valence-electron chi connectivity index (χ0n) is 18.6. The van der Waals surface area contributed by atoms with Crippen LogP contribution in [0.5, 0.6) is 0 Å². The Morgan fingerprint density at radius 2 is 1.58 bits per heavy atom. The third-order valence-corrected chi connectivity index (χ3v) is 5.97. The molecule has 0 aliphatic rings. The maximum absolute atomic E-state index is 13.5. The highest BCUT2D eigenvalue weighted by molar-refractivity contribution is 6.11. The van der Waals surface area contributed by atoms with Gasteiger partial charge < -0.3 is 11.1 Å². The molecular weight excluding hydrogens is 410 g/mol. The molecule has 33 heavy (non-hydrogen) atoms. The van der Waals surface area contributed by atoms with Crippen molar-refractivity contribution in [3.63, 3.8) is 0 Å². The van der Waals surface area contributed by atoms with E-state index in [-0.39, 0.29) is 11.9 Å². The van der Waals surface area contributed by atoms with E-state index in [1.807, 2.05) is 78.2 Å². The van der Waals surface area contributed by atoms with Gasteiger partial charge in [-0.05, 0) is 48.7 Å². The van der Waals surface area contributed by atoms with Gasteiger partial charge in [0, 0.05) is 5.69 Å². The van der Waals surface area contributed by atoms with Gasteiger partial charge in [0.1, 0.15) is 16.9 Å². The van der Waals surface area contributed by atoms with Gasteiger partial charge in [-0.1, -0.05) is 61.5 Å². The van der Waals surface area contributed by atoms with E-state index in [0.29, 0.717) is 28.1 Å². The lowest BCUT2D eigenvalue weighted by molar-refractivity contribution is 0.0942. The third kappa shape index (κ3) is 3.69. The van der Waals surface area contributed by atoms with E-state index < -0.39 is 0 Å². The summed E-state index contributed by atoms with van der Waals surface area (Å²) in [5.41, 5.74) is 12.6. The molecule has 6 nitrogen and oxygen atoms in total. The van der Waals surface area contributed by atoms with Crippen molar-refractivity contribution in [3.05, 3.63) is 95.6 Å². The molecule has 0 bridgehead atoms. The molecule has 0 spiro atoms. The molecule has 6 heteroatoms. The topological polar surface area (TPSA) is 85.8 Å². The Kier molecular flexibility index (Phi) is 5.26. The highest BCUT2D eigenvalue weighted by atomic mass is 16.1. The molecule has 0 aliphatic heterocycles. The van der Waals surface area contributed by atoms with Crippen LogP contribution in [0.15, 0.2) is 78.9 Å². The molecule has 0 saturated heterocycles. The van der Waals surface area contributed by atoms with Gasteiger partial charge >= 0.3 is 0 Å². The predicted octanol–water partition coefficient (Wildman–Crippen LogP) is 5.21. The van der Waals surface area contributed by atoms with Crippen LogP contribution >= 0.6 is 0 Å². The average Bonchev–Trinajstić information content (AvgIpc) is 3.13. The van der Waals surface area contributed by atoms with Crippen LogP contribution in [-0.4, -0.2) is 20.4 Å². The molecule has 0 saturated carbocycles. The lowest BCUT2D eigenvalue weighted by Crippen LogP contribution is -2.27. The van der Waals surface area contributed by atoms with Gasteiger partial charge in [-0.2, -0.15) is 0 Å². The van der Waals surface area contributed by atoms with E-state index in [1.165, 1.54) is 5.56 Å². The first-order chi connectivity index (χ1) is 16.1. The second-order valence-corrected chi connectivity index (χ2v) is 8.11. The maximum Gasteiger partial charge on any atom is 0.257 e. The summed E-state index contributed by atoms with van der Waals surface area (Å²) < 4.78 is 1.82. The number of rotatable bonds is 5. The SMILES string of the molecule is CCc1ccc(-n2c(N)c(C(=O)N[C@H](C)c3ccccc3)c3nc4ccccc4nc32)cc1. The van der Waals surface area contributed by atoms with Gasteiger partial charge in [0.2, 0.25) is 0 Å². The smallest absolute Gasteiger partial charge is 0.257 e. The van der Waals surface area contributed by atoms with Crippen LogP contribution in [-0.2, 0) is 6.42 Å². The molecule has 5 rings (SSSR count). The molecule has 1 atom stereocenters. The quantitative estimate of drug-likeness (QED) is 0.397. The molecule has 3 N–H and O–H groups in total. The van der Waals surface area contributed by atoms with E-state index in [4.69, 9.17) is 15.7 Å². The van der Waals surface area contributed by atoms with Crippen molar-refractivity contribution in [2.24, 2.45) is 0 Å². The molecule has 2 heterocycles. The highest BCUT2D eigenvalue weighted by Crippen LogP contribution is 2.31. The van der Waals surface area contributed by atoms with E-state index >= 15 is 0 Å². The Bertz CT molecular complexity index is 1460. The van der Waals surface area contributed by atoms with Crippen LogP contribution in [0.3, 0.4) is 0 Å². The molecule has 0 unspecified atom stereocenters. The molecule has 164 valence electrons. The summed E-state index contributed by atoms with van der Waals surface area (Å²) in [7, 11) is 0. The van der Waals surface area contributed by atoms with Gasteiger partial charge in [-0.15, -0.1) is 0 Å². The number of anilines is 1. The number of amides is 1. The number of hydrogen-bond acceptors (Lipinski definition) is 4. The molecule has 0 fully saturated rings. The fraction of sp³-hybridized carbons (Fsp3) is 0.148. The van der Waals surface area contributed by atoms with Crippen molar-refractivity contribution < 1.29 is 4.79 Å². The van der Waals surface area contributed by atoms with Crippen molar-refractivity contribution in [1.82, 2.24) is 19.9 Å². The summed E-state index contributed by atoms with van der Waals surface area (Å²) in [5.74, 6) is 0.0460. The van der Waals surface area contributed by atoms with Crippen LogP contribution in [0.1, 0.15) is 41.4 Å². The predicted molar refractivity (Wildman–Crippen MR) is 132 cm³/mol. The van der Waals surface area contributed by atoms with Crippen LogP contribution in [0.2, 0.25) is 0 Å². The minimum atomic E-state index is -0.276. The first-order valence-corrected chi connectivity index (χ1v) is 11.1. The van der Waals surface area contributed by atoms with Crippen molar-refractivity contribution in [2.45, 2.75) is 26.3 Å². The zero-order chi connectivity index (χ0) is 22.9. The maximum atomic E-state index is 13.5. The lowest BCUT2D eigenvalue weighted by atomic mass is 10.1. The average molecular weight is 436 g/mol. The molecule has 2 aromatic heterocycles. The first-order valence-electron chi connectivity index (χ1n) is 11.1. The van der Waals surface area contributed by atoms with Crippen molar-refractivity contribution in [2.75, 3.05) is 5.73 Å². The van der Waals surface area contributed by atoms with Gasteiger partial charge in [0.25, 0.3) is 5.91 Å². The van der Waals surface area contributed by atoms with Crippen molar-refractivity contribution in [3.8, 4) is 5.69 Å². The van der Waals surface area contributed by atoms with E-state index in [9.17, 15) is 4.79 Å². The molecule has 0 aliphatic carbocycles. The Labute approximate surface area is 192 Å². The normalized spacial score (nSPS) is 12.2. The van der Waals surface area contributed by atoms with Crippen molar-refractivity contribution >= 4 is 33.9 Å².